The van der Waals surface area contributed by atoms with E-state index in [-0.39, 0.29) is 6.92 Å². The third kappa shape index (κ3) is 4.19. The van der Waals surface area contributed by atoms with Gasteiger partial charge < -0.3 is 0 Å². The molecule has 4 aromatic rings. The first-order chi connectivity index (χ1) is 20.7. The average molecular weight is 675 g/mol. The molecule has 0 radical (unpaired) electrons. The Hall–Kier alpha value is -4.39. The van der Waals surface area contributed by atoms with Gasteiger partial charge in [0, 0.05) is 0 Å². The molecule has 4 rings (SSSR count). The van der Waals surface area contributed by atoms with E-state index < -0.39 is 144 Å². The SMILES string of the molecule is Cc1c(F)c(F)c(F)c(F)c1[B-](c1c(F)c(F)c(F)c(F)c1F)(c1c(F)c(F)c(F)c(F)c1F)c1c(F)c(F)c(F)c(F)c1F. The zero-order valence-electron chi connectivity index (χ0n) is 20.8. The number of benzene rings is 4. The minimum absolute atomic E-state index is 0.114. The number of hydrogen-bond donors (Lipinski definition) is 0. The van der Waals surface area contributed by atoms with Crippen molar-refractivity contribution in [3.63, 3.8) is 0 Å². The quantitative estimate of drug-likeness (QED) is 0.108. The van der Waals surface area contributed by atoms with Crippen molar-refractivity contribution in [2.75, 3.05) is 0 Å². The smallest absolute Gasteiger partial charge is 0.200 e. The lowest BCUT2D eigenvalue weighted by molar-refractivity contribution is 0.379. The highest BCUT2D eigenvalue weighted by Gasteiger charge is 2.51. The van der Waals surface area contributed by atoms with Gasteiger partial charge in [0.15, 0.2) is 69.8 Å². The van der Waals surface area contributed by atoms with Gasteiger partial charge in [-0.3, -0.25) is 0 Å². The van der Waals surface area contributed by atoms with Crippen LogP contribution >= 0.6 is 0 Å². The molecule has 0 spiro atoms. The molecule has 0 aliphatic carbocycles. The van der Waals surface area contributed by atoms with Gasteiger partial charge in [-0.2, -0.15) is 5.46 Å². The standard InChI is InChI=1S/C25H3BF19/c1-2-3(8(28)16(36)15(35)7(2)27)26(4-9(29)17(37)23(43)18(38)10(4)30,5-11(31)19(39)24(44)20(40)12(5)32)6-13(33)21(41)25(45)22(42)14(6)34/h1H3/q-1. The van der Waals surface area contributed by atoms with Crippen LogP contribution in [0, 0.1) is 117 Å². The van der Waals surface area contributed by atoms with E-state index in [1.54, 1.807) is 0 Å². The Balaban J connectivity index is 2.69. The van der Waals surface area contributed by atoms with E-state index >= 15 is 30.7 Å². The molecule has 0 saturated heterocycles. The summed E-state index contributed by atoms with van der Waals surface area (Å²) in [5.74, 6) is -64.0. The van der Waals surface area contributed by atoms with Gasteiger partial charge in [0.2, 0.25) is 0 Å². The molecule has 0 aliphatic rings. The minimum atomic E-state index is -6.84. The van der Waals surface area contributed by atoms with Crippen LogP contribution in [0.2, 0.25) is 0 Å². The number of halogens is 19. The first-order valence-electron chi connectivity index (χ1n) is 11.2. The molecular weight excluding hydrogens is 672 g/mol. The van der Waals surface area contributed by atoms with Crippen LogP contribution in [0.3, 0.4) is 0 Å². The fourth-order valence-electron chi connectivity index (χ4n) is 5.15. The van der Waals surface area contributed by atoms with Crippen molar-refractivity contribution in [1.82, 2.24) is 0 Å². The van der Waals surface area contributed by atoms with Crippen molar-refractivity contribution in [2.24, 2.45) is 0 Å². The molecular formula is C25H3BF19-. The van der Waals surface area contributed by atoms with Crippen molar-refractivity contribution in [2.45, 2.75) is 6.92 Å². The summed E-state index contributed by atoms with van der Waals surface area (Å²) in [6.45, 7) is -0.114. The Labute approximate surface area is 235 Å². The highest BCUT2D eigenvalue weighted by molar-refractivity contribution is 7.20. The highest BCUT2D eigenvalue weighted by Crippen LogP contribution is 2.30. The van der Waals surface area contributed by atoms with Crippen LogP contribution in [0.25, 0.3) is 0 Å². The van der Waals surface area contributed by atoms with Gasteiger partial charge in [0.25, 0.3) is 0 Å². The van der Waals surface area contributed by atoms with E-state index in [1.165, 1.54) is 0 Å². The molecule has 0 aliphatic heterocycles. The van der Waals surface area contributed by atoms with Gasteiger partial charge in [-0.15, -0.1) is 16.4 Å². The van der Waals surface area contributed by atoms with Crippen molar-refractivity contribution in [3.8, 4) is 0 Å². The van der Waals surface area contributed by atoms with E-state index in [9.17, 15) is 52.7 Å². The maximum Gasteiger partial charge on any atom is 0.200 e. The van der Waals surface area contributed by atoms with E-state index in [0.717, 1.165) is 0 Å². The molecule has 0 amide bonds. The lowest BCUT2D eigenvalue weighted by Crippen LogP contribution is -2.81. The highest BCUT2D eigenvalue weighted by atomic mass is 19.2. The maximum atomic E-state index is 15.6. The predicted octanol–water partition coefficient (Wildman–Crippen LogP) is 6.02. The summed E-state index contributed by atoms with van der Waals surface area (Å²) in [4.78, 5) is 0. The monoisotopic (exact) mass is 675 g/mol. The first-order valence-corrected chi connectivity index (χ1v) is 11.2. The lowest BCUT2D eigenvalue weighted by atomic mass is 9.12. The summed E-state index contributed by atoms with van der Waals surface area (Å²) < 4.78 is 281. The second-order valence-corrected chi connectivity index (χ2v) is 9.11. The summed E-state index contributed by atoms with van der Waals surface area (Å²) in [6, 6.07) is 0. The first kappa shape index (κ1) is 33.5. The summed E-state index contributed by atoms with van der Waals surface area (Å²) in [5, 5.41) is 0. The number of hydrogen-bond acceptors (Lipinski definition) is 0. The molecule has 0 N–H and O–H groups in total. The van der Waals surface area contributed by atoms with E-state index in [2.05, 4.69) is 0 Å². The van der Waals surface area contributed by atoms with Gasteiger partial charge in [-0.05, 0) is 12.5 Å². The second-order valence-electron chi connectivity index (χ2n) is 9.11. The van der Waals surface area contributed by atoms with Crippen molar-refractivity contribution in [3.05, 3.63) is 116 Å². The molecule has 0 fully saturated rings. The lowest BCUT2D eigenvalue weighted by Gasteiger charge is -2.45. The minimum Gasteiger partial charge on any atom is -0.207 e. The fraction of sp³-hybridized carbons (Fsp3) is 0.0400. The number of rotatable bonds is 4. The summed E-state index contributed by atoms with van der Waals surface area (Å²) >= 11 is 0. The van der Waals surface area contributed by atoms with Gasteiger partial charge in [0.1, 0.15) is 46.9 Å². The van der Waals surface area contributed by atoms with Gasteiger partial charge in [0.05, 0.1) is 0 Å². The largest absolute Gasteiger partial charge is 0.207 e. The molecule has 0 heterocycles. The third-order valence-electron chi connectivity index (χ3n) is 7.01. The third-order valence-corrected chi connectivity index (χ3v) is 7.01. The second kappa shape index (κ2) is 10.9. The molecule has 45 heavy (non-hydrogen) atoms. The Morgan fingerprint density at radius 1 is 0.222 bits per heavy atom. The molecule has 0 unspecified atom stereocenters. The molecule has 0 aromatic heterocycles. The van der Waals surface area contributed by atoms with Crippen molar-refractivity contribution in [1.29, 1.82) is 0 Å². The molecule has 0 nitrogen and oxygen atoms in total. The van der Waals surface area contributed by atoms with Crippen LogP contribution in [-0.2, 0) is 0 Å². The Bertz CT molecular complexity index is 1570. The molecule has 0 atom stereocenters. The summed E-state index contributed by atoms with van der Waals surface area (Å²) in [5.41, 5.74) is -15.2. The van der Waals surface area contributed by atoms with Crippen molar-refractivity contribution >= 4 is 28.0 Å². The average Bonchev–Trinajstić information content (AvgIpc) is 3.00. The van der Waals surface area contributed by atoms with Crippen LogP contribution in [0.15, 0.2) is 0 Å². The van der Waals surface area contributed by atoms with Gasteiger partial charge in [-0.25, -0.2) is 83.4 Å². The normalized spacial score (nSPS) is 12.0. The van der Waals surface area contributed by atoms with E-state index in [1.807, 2.05) is 0 Å². The topological polar surface area (TPSA) is 0 Å². The van der Waals surface area contributed by atoms with Crippen LogP contribution in [0.1, 0.15) is 5.56 Å². The zero-order chi connectivity index (χ0) is 34.4. The fourth-order valence-corrected chi connectivity index (χ4v) is 5.15. The summed E-state index contributed by atoms with van der Waals surface area (Å²) in [6.07, 6.45) is -6.84. The zero-order valence-corrected chi connectivity index (χ0v) is 20.8. The molecule has 20 heteroatoms. The van der Waals surface area contributed by atoms with Gasteiger partial charge in [-0.1, -0.05) is 0 Å². The van der Waals surface area contributed by atoms with Crippen LogP contribution in [-0.4, -0.2) is 6.15 Å². The maximum absolute atomic E-state index is 15.6. The molecule has 0 bridgehead atoms. The van der Waals surface area contributed by atoms with Crippen LogP contribution < -0.4 is 21.9 Å². The van der Waals surface area contributed by atoms with Crippen molar-refractivity contribution < 1.29 is 83.4 Å². The molecule has 0 saturated carbocycles. The van der Waals surface area contributed by atoms with E-state index in [0.29, 0.717) is 0 Å². The predicted molar refractivity (Wildman–Crippen MR) is 114 cm³/mol. The van der Waals surface area contributed by atoms with Crippen LogP contribution in [0.4, 0.5) is 83.4 Å². The molecule has 4 aromatic carbocycles. The van der Waals surface area contributed by atoms with Gasteiger partial charge >= 0.3 is 0 Å². The van der Waals surface area contributed by atoms with Crippen LogP contribution in [0.5, 0.6) is 0 Å². The Kier molecular flexibility index (Phi) is 8.12. The Morgan fingerprint density at radius 2 is 0.378 bits per heavy atom. The molecule has 240 valence electrons. The summed E-state index contributed by atoms with van der Waals surface area (Å²) in [7, 11) is 0. The van der Waals surface area contributed by atoms with E-state index in [4.69, 9.17) is 0 Å². The Morgan fingerprint density at radius 3 is 0.600 bits per heavy atom.